The zero-order chi connectivity index (χ0) is 26.3. The van der Waals surface area contributed by atoms with Gasteiger partial charge in [-0.1, -0.05) is 35.9 Å². The van der Waals surface area contributed by atoms with Crippen molar-refractivity contribution in [3.05, 3.63) is 80.5 Å². The lowest BCUT2D eigenvalue weighted by Gasteiger charge is -2.38. The van der Waals surface area contributed by atoms with Gasteiger partial charge in [-0.25, -0.2) is 0 Å². The number of anilines is 2. The molecule has 37 heavy (non-hydrogen) atoms. The van der Waals surface area contributed by atoms with Crippen molar-refractivity contribution < 1.29 is 19.5 Å². The maximum atomic E-state index is 13.4. The third kappa shape index (κ3) is 5.14. The quantitative estimate of drug-likeness (QED) is 0.445. The summed E-state index contributed by atoms with van der Waals surface area (Å²) in [4.78, 5) is 43.1. The largest absolute Gasteiger partial charge is 0.390 e. The summed E-state index contributed by atoms with van der Waals surface area (Å²) in [5.41, 5.74) is 2.41. The van der Waals surface area contributed by atoms with Crippen molar-refractivity contribution in [3.63, 3.8) is 0 Å². The Balaban J connectivity index is 1.33. The Bertz CT molecular complexity index is 1380. The van der Waals surface area contributed by atoms with Crippen molar-refractivity contribution in [1.82, 2.24) is 4.90 Å². The molecule has 0 spiro atoms. The molecule has 0 bridgehead atoms. The number of carbonyl (C=O) groups is 3. The molecule has 7 nitrogen and oxygen atoms in total. The Morgan fingerprint density at radius 3 is 2.68 bits per heavy atom. The predicted octanol–water partition coefficient (Wildman–Crippen LogP) is 5.32. The second kappa shape index (κ2) is 9.93. The van der Waals surface area contributed by atoms with Crippen molar-refractivity contribution in [2.75, 3.05) is 16.8 Å². The van der Waals surface area contributed by atoms with Gasteiger partial charge in [-0.15, -0.1) is 11.3 Å². The zero-order valence-corrected chi connectivity index (χ0v) is 22.2. The van der Waals surface area contributed by atoms with Crippen molar-refractivity contribution in [2.45, 2.75) is 45.4 Å². The molecule has 2 aliphatic heterocycles. The monoisotopic (exact) mass is 537 g/mol. The fourth-order valence-electron chi connectivity index (χ4n) is 5.10. The molecule has 9 heteroatoms. The maximum absolute atomic E-state index is 13.4. The van der Waals surface area contributed by atoms with Gasteiger partial charge in [0.05, 0.1) is 32.0 Å². The van der Waals surface area contributed by atoms with Crippen LogP contribution in [0.3, 0.4) is 0 Å². The first-order valence-electron chi connectivity index (χ1n) is 12.2. The molecule has 0 radical (unpaired) electrons. The van der Waals surface area contributed by atoms with E-state index >= 15 is 0 Å². The fraction of sp³-hybridized carbons (Fsp3) is 0.321. The maximum Gasteiger partial charge on any atom is 0.265 e. The van der Waals surface area contributed by atoms with E-state index in [2.05, 4.69) is 5.32 Å². The van der Waals surface area contributed by atoms with Crippen molar-refractivity contribution in [2.24, 2.45) is 5.92 Å². The molecule has 2 aromatic carbocycles. The van der Waals surface area contributed by atoms with E-state index in [0.717, 1.165) is 23.2 Å². The van der Waals surface area contributed by atoms with Crippen LogP contribution in [0, 0.1) is 5.92 Å². The summed E-state index contributed by atoms with van der Waals surface area (Å²) in [5, 5.41) is 13.3. The van der Waals surface area contributed by atoms with Crippen LogP contribution in [0.15, 0.2) is 54.6 Å². The van der Waals surface area contributed by atoms with E-state index in [0.29, 0.717) is 46.5 Å². The van der Waals surface area contributed by atoms with E-state index < -0.39 is 11.5 Å². The average Bonchev–Trinajstić information content (AvgIpc) is 3.42. The number of benzene rings is 2. The summed E-state index contributed by atoms with van der Waals surface area (Å²) in [5.74, 6) is -0.983. The van der Waals surface area contributed by atoms with Crippen LogP contribution in [-0.2, 0) is 17.9 Å². The van der Waals surface area contributed by atoms with Gasteiger partial charge in [0.15, 0.2) is 0 Å². The van der Waals surface area contributed by atoms with Crippen LogP contribution in [0.25, 0.3) is 0 Å². The van der Waals surface area contributed by atoms with E-state index in [4.69, 9.17) is 11.6 Å². The average molecular weight is 538 g/mol. The second-order valence-electron chi connectivity index (χ2n) is 10.1. The second-order valence-corrected chi connectivity index (χ2v) is 11.8. The molecular formula is C28H28ClN3O4S. The molecule has 3 amide bonds. The highest BCUT2D eigenvalue weighted by atomic mass is 35.5. The number of nitrogens with zero attached hydrogens (tertiary/aromatic N) is 2. The number of nitrogens with one attached hydrogen (secondary N) is 1. The smallest absolute Gasteiger partial charge is 0.265 e. The van der Waals surface area contributed by atoms with Gasteiger partial charge >= 0.3 is 0 Å². The molecule has 1 unspecified atom stereocenters. The van der Waals surface area contributed by atoms with E-state index in [1.165, 1.54) is 11.3 Å². The Hall–Kier alpha value is -3.20. The summed E-state index contributed by atoms with van der Waals surface area (Å²) in [6.07, 6.45) is 1.48. The summed E-state index contributed by atoms with van der Waals surface area (Å²) in [6, 6.07) is 16.4. The first-order chi connectivity index (χ1) is 17.6. The molecule has 2 N–H and O–H groups in total. The first-order valence-corrected chi connectivity index (χ1v) is 13.4. The molecular weight excluding hydrogens is 510 g/mol. The summed E-state index contributed by atoms with van der Waals surface area (Å²) < 4.78 is 0.523. The minimum atomic E-state index is -1.08. The van der Waals surface area contributed by atoms with Crippen LogP contribution in [0.1, 0.15) is 57.8 Å². The first kappa shape index (κ1) is 25.4. The van der Waals surface area contributed by atoms with Gasteiger partial charge in [0.2, 0.25) is 5.91 Å². The number of aliphatic hydroxyl groups is 1. The molecule has 1 fully saturated rings. The van der Waals surface area contributed by atoms with Crippen molar-refractivity contribution >= 4 is 52.0 Å². The molecule has 1 saturated heterocycles. The van der Waals surface area contributed by atoms with Crippen LogP contribution in [0.5, 0.6) is 0 Å². The van der Waals surface area contributed by atoms with Gasteiger partial charge in [0, 0.05) is 25.3 Å². The Kier molecular flexibility index (Phi) is 6.83. The highest BCUT2D eigenvalue weighted by Crippen LogP contribution is 2.34. The van der Waals surface area contributed by atoms with Crippen molar-refractivity contribution in [3.8, 4) is 0 Å². The number of hydrogen-bond donors (Lipinski definition) is 2. The Morgan fingerprint density at radius 2 is 1.95 bits per heavy atom. The number of fused-ring (bicyclic) bond motifs is 1. The predicted molar refractivity (Wildman–Crippen MR) is 145 cm³/mol. The van der Waals surface area contributed by atoms with Crippen LogP contribution >= 0.6 is 22.9 Å². The van der Waals surface area contributed by atoms with Crippen LogP contribution in [0.4, 0.5) is 11.4 Å². The van der Waals surface area contributed by atoms with Crippen molar-refractivity contribution in [1.29, 1.82) is 0 Å². The van der Waals surface area contributed by atoms with E-state index in [1.54, 1.807) is 41.8 Å². The molecule has 3 heterocycles. The topological polar surface area (TPSA) is 89.9 Å². The Labute approximate surface area is 224 Å². The molecule has 3 aromatic rings. The lowest BCUT2D eigenvalue weighted by atomic mass is 9.83. The molecule has 1 atom stereocenters. The number of piperidine rings is 1. The normalized spacial score (nSPS) is 17.8. The summed E-state index contributed by atoms with van der Waals surface area (Å²) in [6.45, 7) is 4.75. The van der Waals surface area contributed by atoms with Gasteiger partial charge in [-0.05, 0) is 68.1 Å². The number of hydrogen-bond acceptors (Lipinski definition) is 5. The van der Waals surface area contributed by atoms with Gasteiger partial charge < -0.3 is 20.2 Å². The summed E-state index contributed by atoms with van der Waals surface area (Å²) in [7, 11) is 0. The van der Waals surface area contributed by atoms with Gasteiger partial charge in [-0.3, -0.25) is 14.4 Å². The zero-order valence-electron chi connectivity index (χ0n) is 20.7. The number of rotatable bonds is 6. The van der Waals surface area contributed by atoms with Gasteiger partial charge in [-0.2, -0.15) is 0 Å². The number of thiophene rings is 1. The third-order valence-electron chi connectivity index (χ3n) is 6.95. The molecule has 2 aliphatic rings. The number of halogens is 1. The SMILES string of the molecule is CC(C)(O)C1CCCN(c2cccc(CN3Cc4cccc(NC(=O)c5ccc(Cl)s5)c4C3=O)c2)C1=O. The summed E-state index contributed by atoms with van der Waals surface area (Å²) >= 11 is 7.14. The van der Waals surface area contributed by atoms with Gasteiger partial charge in [0.1, 0.15) is 0 Å². The van der Waals surface area contributed by atoms with E-state index in [1.807, 2.05) is 36.4 Å². The minimum Gasteiger partial charge on any atom is -0.390 e. The third-order valence-corrected chi connectivity index (χ3v) is 8.18. The lowest BCUT2D eigenvalue weighted by molar-refractivity contribution is -0.131. The number of carbonyl (C=O) groups excluding carboxylic acids is 3. The van der Waals surface area contributed by atoms with Crippen LogP contribution in [0.2, 0.25) is 4.34 Å². The highest BCUT2D eigenvalue weighted by Gasteiger charge is 2.39. The molecule has 5 rings (SSSR count). The lowest BCUT2D eigenvalue weighted by Crippen LogP contribution is -2.49. The van der Waals surface area contributed by atoms with Gasteiger partial charge in [0.25, 0.3) is 11.8 Å². The Morgan fingerprint density at radius 1 is 1.16 bits per heavy atom. The molecule has 0 aliphatic carbocycles. The van der Waals surface area contributed by atoms with E-state index in [-0.39, 0.29) is 17.7 Å². The molecule has 0 saturated carbocycles. The van der Waals surface area contributed by atoms with Crippen LogP contribution in [-0.4, -0.2) is 39.9 Å². The molecule has 192 valence electrons. The number of amides is 3. The standard InChI is InChI=1S/C28H28ClN3O4S/c1-28(2,36)20-9-5-13-32(26(20)34)19-8-3-6-17(14-19)15-31-16-18-7-4-10-21(24(18)27(31)35)30-25(33)22-11-12-23(29)37-22/h3-4,6-8,10-12,14,20,36H,5,9,13,15-16H2,1-2H3,(H,30,33). The molecule has 1 aromatic heterocycles. The van der Waals surface area contributed by atoms with Crippen LogP contribution < -0.4 is 10.2 Å². The van der Waals surface area contributed by atoms with E-state index in [9.17, 15) is 19.5 Å². The fourth-order valence-corrected chi connectivity index (χ4v) is 6.04. The minimum absolute atomic E-state index is 0.0760. The highest BCUT2D eigenvalue weighted by molar-refractivity contribution is 7.18.